The molecule has 1 aliphatic rings. The van der Waals surface area contributed by atoms with E-state index in [0.29, 0.717) is 31.2 Å². The van der Waals surface area contributed by atoms with Crippen molar-refractivity contribution < 1.29 is 28.8 Å². The number of aliphatic hydroxyl groups excluding tert-OH is 1. The topological polar surface area (TPSA) is 69.6 Å². The fraction of sp³-hybridized carbons (Fsp3) is 0.429. The number of hydrogen-bond donors (Lipinski definition) is 1. The summed E-state index contributed by atoms with van der Waals surface area (Å²) in [6.45, 7) is 2.00. The highest BCUT2D eigenvalue weighted by Gasteiger charge is 2.15. The summed E-state index contributed by atoms with van der Waals surface area (Å²) in [7, 11) is 5.19. The Balaban J connectivity index is 1.45. The molecule has 7 nitrogen and oxygen atoms in total. The first-order chi connectivity index (χ1) is 13.6. The number of nitrogens with zero attached hydrogens (tertiary/aromatic N) is 1. The molecule has 0 saturated heterocycles. The minimum Gasteiger partial charge on any atom is -0.493 e. The Morgan fingerprint density at radius 2 is 1.93 bits per heavy atom. The van der Waals surface area contributed by atoms with Gasteiger partial charge in [-0.15, -0.1) is 0 Å². The smallest absolute Gasteiger partial charge is 0.231 e. The van der Waals surface area contributed by atoms with Gasteiger partial charge in [-0.3, -0.25) is 4.90 Å². The lowest BCUT2D eigenvalue weighted by atomic mass is 10.1. The summed E-state index contributed by atoms with van der Waals surface area (Å²) in [6, 6.07) is 11.5. The van der Waals surface area contributed by atoms with Gasteiger partial charge in [0.2, 0.25) is 6.79 Å². The molecule has 1 unspecified atom stereocenters. The largest absolute Gasteiger partial charge is 0.493 e. The molecule has 2 aromatic rings. The predicted molar refractivity (Wildman–Crippen MR) is 104 cm³/mol. The van der Waals surface area contributed by atoms with E-state index < -0.39 is 6.10 Å². The molecule has 3 rings (SSSR count). The van der Waals surface area contributed by atoms with E-state index in [-0.39, 0.29) is 13.4 Å². The van der Waals surface area contributed by atoms with E-state index in [2.05, 4.69) is 0 Å². The number of aliphatic hydroxyl groups is 1. The Hall–Kier alpha value is -2.48. The maximum Gasteiger partial charge on any atom is 0.231 e. The molecule has 0 aliphatic carbocycles. The van der Waals surface area contributed by atoms with Crippen LogP contribution in [0.15, 0.2) is 36.4 Å². The van der Waals surface area contributed by atoms with Gasteiger partial charge in [0.1, 0.15) is 0 Å². The minimum absolute atomic E-state index is 0.244. The lowest BCUT2D eigenvalue weighted by molar-refractivity contribution is 0.0126. The second-order valence-corrected chi connectivity index (χ2v) is 6.71. The molecular weight excluding hydrogens is 362 g/mol. The highest BCUT2D eigenvalue weighted by atomic mass is 16.7. The molecule has 7 heteroatoms. The molecule has 0 fully saturated rings. The SMILES string of the molecule is COc1cccc(CN(C)CC(O)COCc2ccc3c(c2)OCO3)c1OC. The van der Waals surface area contributed by atoms with E-state index in [1.165, 1.54) is 0 Å². The second-order valence-electron chi connectivity index (χ2n) is 6.71. The van der Waals surface area contributed by atoms with Crippen molar-refractivity contribution in [1.29, 1.82) is 0 Å². The van der Waals surface area contributed by atoms with Crippen LogP contribution < -0.4 is 18.9 Å². The lowest BCUT2D eigenvalue weighted by Crippen LogP contribution is -2.32. The molecule has 0 bridgehead atoms. The third kappa shape index (κ3) is 5.07. The number of ether oxygens (including phenoxy) is 5. The van der Waals surface area contributed by atoms with Crippen LogP contribution in [0.1, 0.15) is 11.1 Å². The van der Waals surface area contributed by atoms with Gasteiger partial charge < -0.3 is 28.8 Å². The number of para-hydroxylation sites is 1. The summed E-state index contributed by atoms with van der Waals surface area (Å²) in [5.74, 6) is 2.89. The molecule has 1 aliphatic heterocycles. The molecule has 0 aromatic heterocycles. The Labute approximate surface area is 165 Å². The molecule has 1 heterocycles. The molecule has 152 valence electrons. The van der Waals surface area contributed by atoms with E-state index in [1.54, 1.807) is 14.2 Å². The zero-order chi connectivity index (χ0) is 19.9. The van der Waals surface area contributed by atoms with Crippen LogP contribution >= 0.6 is 0 Å². The minimum atomic E-state index is -0.601. The number of fused-ring (bicyclic) bond motifs is 1. The van der Waals surface area contributed by atoms with E-state index in [4.69, 9.17) is 23.7 Å². The molecule has 0 radical (unpaired) electrons. The fourth-order valence-corrected chi connectivity index (χ4v) is 3.19. The first-order valence-electron chi connectivity index (χ1n) is 9.13. The Morgan fingerprint density at radius 3 is 2.71 bits per heavy atom. The summed E-state index contributed by atoms with van der Waals surface area (Å²) in [5.41, 5.74) is 1.98. The normalized spacial score (nSPS) is 13.6. The van der Waals surface area contributed by atoms with Crippen LogP contribution in [0, 0.1) is 0 Å². The van der Waals surface area contributed by atoms with Crippen molar-refractivity contribution in [3.63, 3.8) is 0 Å². The van der Waals surface area contributed by atoms with Crippen molar-refractivity contribution in [2.24, 2.45) is 0 Å². The Morgan fingerprint density at radius 1 is 1.11 bits per heavy atom. The van der Waals surface area contributed by atoms with E-state index in [0.717, 1.165) is 22.6 Å². The fourth-order valence-electron chi connectivity index (χ4n) is 3.19. The highest BCUT2D eigenvalue weighted by Crippen LogP contribution is 2.33. The van der Waals surface area contributed by atoms with Gasteiger partial charge in [-0.25, -0.2) is 0 Å². The maximum atomic E-state index is 10.3. The zero-order valence-electron chi connectivity index (χ0n) is 16.5. The van der Waals surface area contributed by atoms with E-state index in [1.807, 2.05) is 48.3 Å². The predicted octanol–water partition coefficient (Wildman–Crippen LogP) is 2.44. The van der Waals surface area contributed by atoms with Gasteiger partial charge in [-0.2, -0.15) is 0 Å². The van der Waals surface area contributed by atoms with Crippen LogP contribution in [0.3, 0.4) is 0 Å². The summed E-state index contributed by atoms with van der Waals surface area (Å²) < 4.78 is 27.1. The standard InChI is InChI=1S/C21H27NO6/c1-22(10-16-5-4-6-19(24-2)21(16)25-3)11-17(23)13-26-12-15-7-8-18-20(9-15)28-14-27-18/h4-9,17,23H,10-14H2,1-3H3. The first kappa shape index (κ1) is 20.3. The van der Waals surface area contributed by atoms with Gasteiger partial charge in [-0.05, 0) is 30.8 Å². The molecule has 1 N–H and O–H groups in total. The number of hydrogen-bond acceptors (Lipinski definition) is 7. The third-order valence-electron chi connectivity index (χ3n) is 4.46. The van der Waals surface area contributed by atoms with Crippen molar-refractivity contribution in [1.82, 2.24) is 4.90 Å². The molecule has 1 atom stereocenters. The maximum absolute atomic E-state index is 10.3. The zero-order valence-corrected chi connectivity index (χ0v) is 16.5. The Bertz CT molecular complexity index is 781. The lowest BCUT2D eigenvalue weighted by Gasteiger charge is -2.22. The number of methoxy groups -OCH3 is 2. The van der Waals surface area contributed by atoms with Gasteiger partial charge >= 0.3 is 0 Å². The van der Waals surface area contributed by atoms with Crippen molar-refractivity contribution >= 4 is 0 Å². The summed E-state index contributed by atoms with van der Waals surface area (Å²) in [6.07, 6.45) is -0.601. The molecule has 0 spiro atoms. The number of benzene rings is 2. The van der Waals surface area contributed by atoms with Crippen molar-refractivity contribution in [2.45, 2.75) is 19.3 Å². The average Bonchev–Trinajstić information content (AvgIpc) is 3.15. The first-order valence-corrected chi connectivity index (χ1v) is 9.13. The highest BCUT2D eigenvalue weighted by molar-refractivity contribution is 5.46. The van der Waals surface area contributed by atoms with Gasteiger partial charge in [-0.1, -0.05) is 18.2 Å². The molecule has 0 amide bonds. The van der Waals surface area contributed by atoms with E-state index in [9.17, 15) is 5.11 Å². The summed E-state index contributed by atoms with van der Waals surface area (Å²) in [5, 5.41) is 10.3. The second kappa shape index (κ2) is 9.64. The quantitative estimate of drug-likeness (QED) is 0.669. The van der Waals surface area contributed by atoms with Crippen molar-refractivity contribution in [3.8, 4) is 23.0 Å². The van der Waals surface area contributed by atoms with Crippen LogP contribution in [-0.2, 0) is 17.9 Å². The van der Waals surface area contributed by atoms with Crippen LogP contribution in [0.4, 0.5) is 0 Å². The summed E-state index contributed by atoms with van der Waals surface area (Å²) in [4.78, 5) is 2.02. The van der Waals surface area contributed by atoms with Gasteiger partial charge in [0.05, 0.1) is 33.5 Å². The number of likely N-dealkylation sites (N-methyl/N-ethyl adjacent to an activating group) is 1. The van der Waals surface area contributed by atoms with Crippen LogP contribution in [0.5, 0.6) is 23.0 Å². The van der Waals surface area contributed by atoms with Crippen LogP contribution in [0.25, 0.3) is 0 Å². The number of rotatable bonds is 10. The van der Waals surface area contributed by atoms with Crippen LogP contribution in [0.2, 0.25) is 0 Å². The van der Waals surface area contributed by atoms with Gasteiger partial charge in [0.15, 0.2) is 23.0 Å². The van der Waals surface area contributed by atoms with Crippen molar-refractivity contribution in [3.05, 3.63) is 47.5 Å². The Kier molecular flexibility index (Phi) is 6.97. The van der Waals surface area contributed by atoms with Crippen LogP contribution in [-0.4, -0.2) is 57.3 Å². The third-order valence-corrected chi connectivity index (χ3v) is 4.46. The summed E-state index contributed by atoms with van der Waals surface area (Å²) >= 11 is 0. The van der Waals surface area contributed by atoms with E-state index >= 15 is 0 Å². The molecule has 28 heavy (non-hydrogen) atoms. The van der Waals surface area contributed by atoms with Gasteiger partial charge in [0.25, 0.3) is 0 Å². The molecular formula is C21H27NO6. The van der Waals surface area contributed by atoms with Crippen molar-refractivity contribution in [2.75, 3.05) is 41.2 Å². The molecule has 0 saturated carbocycles. The monoisotopic (exact) mass is 389 g/mol. The van der Waals surface area contributed by atoms with Gasteiger partial charge in [0, 0.05) is 18.7 Å². The molecule has 2 aromatic carbocycles. The average molecular weight is 389 g/mol.